The number of hydrogen-bond acceptors (Lipinski definition) is 4. The number of carboxylic acid groups (broad SMARTS) is 1. The Morgan fingerprint density at radius 2 is 2.22 bits per heavy atom. The highest BCUT2D eigenvalue weighted by Gasteiger charge is 2.13. The highest BCUT2D eigenvalue weighted by molar-refractivity contribution is 14.1. The highest BCUT2D eigenvalue weighted by atomic mass is 127. The van der Waals surface area contributed by atoms with Crippen molar-refractivity contribution in [1.29, 1.82) is 0 Å². The van der Waals surface area contributed by atoms with Gasteiger partial charge >= 0.3 is 5.97 Å². The predicted octanol–water partition coefficient (Wildman–Crippen LogP) is 2.67. The van der Waals surface area contributed by atoms with Gasteiger partial charge < -0.3 is 9.52 Å². The summed E-state index contributed by atoms with van der Waals surface area (Å²) in [6, 6.07) is 5.84. The van der Waals surface area contributed by atoms with E-state index < -0.39 is 5.97 Å². The van der Waals surface area contributed by atoms with Gasteiger partial charge in [-0.15, -0.1) is 10.2 Å². The number of hydrogen-bond donors (Lipinski definition) is 1. The first-order chi connectivity index (χ1) is 8.58. The van der Waals surface area contributed by atoms with Crippen LogP contribution < -0.4 is 0 Å². The van der Waals surface area contributed by atoms with Crippen molar-refractivity contribution in [2.45, 2.75) is 19.8 Å². The fourth-order valence-electron chi connectivity index (χ4n) is 1.49. The third-order valence-electron chi connectivity index (χ3n) is 2.44. The zero-order valence-corrected chi connectivity index (χ0v) is 11.8. The van der Waals surface area contributed by atoms with Crippen LogP contribution >= 0.6 is 22.6 Å². The Morgan fingerprint density at radius 1 is 1.44 bits per heavy atom. The van der Waals surface area contributed by atoms with Crippen molar-refractivity contribution >= 4 is 28.6 Å². The summed E-state index contributed by atoms with van der Waals surface area (Å²) in [5, 5.41) is 16.4. The van der Waals surface area contributed by atoms with Crippen LogP contribution in [0.15, 0.2) is 22.6 Å². The third-order valence-corrected chi connectivity index (χ3v) is 3.87. The van der Waals surface area contributed by atoms with Gasteiger partial charge in [-0.05, 0) is 41.1 Å². The average molecular weight is 358 g/mol. The van der Waals surface area contributed by atoms with Gasteiger partial charge in [0.2, 0.25) is 11.8 Å². The molecular formula is C12H11IN2O3. The van der Waals surface area contributed by atoms with Crippen molar-refractivity contribution < 1.29 is 14.3 Å². The van der Waals surface area contributed by atoms with E-state index in [-0.39, 0.29) is 12.8 Å². The second-order valence-electron chi connectivity index (χ2n) is 3.83. The molecule has 1 aromatic heterocycles. The summed E-state index contributed by atoms with van der Waals surface area (Å²) >= 11 is 2.23. The van der Waals surface area contributed by atoms with Crippen molar-refractivity contribution in [3.05, 3.63) is 33.2 Å². The maximum atomic E-state index is 10.5. The van der Waals surface area contributed by atoms with Crippen LogP contribution in [-0.2, 0) is 11.2 Å². The van der Waals surface area contributed by atoms with Crippen molar-refractivity contribution in [3.63, 3.8) is 0 Å². The lowest BCUT2D eigenvalue weighted by molar-refractivity contribution is -0.137. The van der Waals surface area contributed by atoms with E-state index in [4.69, 9.17) is 9.52 Å². The van der Waals surface area contributed by atoms with Gasteiger partial charge in [0, 0.05) is 9.99 Å². The zero-order valence-electron chi connectivity index (χ0n) is 9.68. The van der Waals surface area contributed by atoms with E-state index in [0.717, 1.165) is 14.7 Å². The van der Waals surface area contributed by atoms with Gasteiger partial charge in [-0.3, -0.25) is 4.79 Å². The Morgan fingerprint density at radius 3 is 2.94 bits per heavy atom. The van der Waals surface area contributed by atoms with Gasteiger partial charge in [0.15, 0.2) is 0 Å². The lowest BCUT2D eigenvalue weighted by atomic mass is 10.1. The molecule has 2 rings (SSSR count). The third kappa shape index (κ3) is 2.87. The smallest absolute Gasteiger partial charge is 0.303 e. The molecule has 0 saturated carbocycles. The molecule has 18 heavy (non-hydrogen) atoms. The lowest BCUT2D eigenvalue weighted by Gasteiger charge is -2.01. The highest BCUT2D eigenvalue weighted by Crippen LogP contribution is 2.26. The van der Waals surface area contributed by atoms with Gasteiger partial charge in [0.05, 0.1) is 12.0 Å². The molecule has 1 N–H and O–H groups in total. The molecule has 1 aromatic carbocycles. The monoisotopic (exact) mass is 358 g/mol. The van der Waals surface area contributed by atoms with Crippen molar-refractivity contribution in [1.82, 2.24) is 10.2 Å². The summed E-state index contributed by atoms with van der Waals surface area (Å²) in [6.07, 6.45) is 0.247. The minimum atomic E-state index is -0.875. The van der Waals surface area contributed by atoms with Crippen LogP contribution in [0.3, 0.4) is 0 Å². The molecular weight excluding hydrogens is 347 g/mol. The molecule has 6 heteroatoms. The first-order valence-electron chi connectivity index (χ1n) is 5.37. The maximum Gasteiger partial charge on any atom is 0.303 e. The number of aromatic nitrogens is 2. The average Bonchev–Trinajstić information content (AvgIpc) is 2.78. The molecule has 1 heterocycles. The number of aliphatic carboxylic acids is 1. The maximum absolute atomic E-state index is 10.5. The van der Waals surface area contributed by atoms with Crippen LogP contribution in [0, 0.1) is 10.5 Å². The quantitative estimate of drug-likeness (QED) is 0.851. The molecule has 0 amide bonds. The summed E-state index contributed by atoms with van der Waals surface area (Å²) < 4.78 is 6.52. The second-order valence-corrected chi connectivity index (χ2v) is 4.91. The Bertz CT molecular complexity index is 580. The summed E-state index contributed by atoms with van der Waals surface area (Å²) in [5.74, 6) is -0.0897. The van der Waals surface area contributed by atoms with E-state index >= 15 is 0 Å². The SMILES string of the molecule is Cc1cccc(-c2nnc(CCC(=O)O)o2)c1I. The molecule has 0 fully saturated rings. The fraction of sp³-hybridized carbons (Fsp3) is 0.250. The number of aryl methyl sites for hydroxylation is 2. The van der Waals surface area contributed by atoms with Crippen LogP contribution in [0.2, 0.25) is 0 Å². The van der Waals surface area contributed by atoms with Gasteiger partial charge in [-0.2, -0.15) is 0 Å². The van der Waals surface area contributed by atoms with E-state index in [0.29, 0.717) is 11.8 Å². The van der Waals surface area contributed by atoms with Gasteiger partial charge in [0.1, 0.15) is 0 Å². The Kier molecular flexibility index (Phi) is 3.95. The zero-order chi connectivity index (χ0) is 13.1. The first-order valence-corrected chi connectivity index (χ1v) is 6.45. The predicted molar refractivity (Wildman–Crippen MR) is 73.1 cm³/mol. The molecule has 0 atom stereocenters. The van der Waals surface area contributed by atoms with Crippen LogP contribution in [0.5, 0.6) is 0 Å². The molecule has 0 bridgehead atoms. The fourth-order valence-corrected chi connectivity index (χ4v) is 2.08. The molecule has 94 valence electrons. The minimum Gasteiger partial charge on any atom is -0.481 e. The molecule has 5 nitrogen and oxygen atoms in total. The number of carboxylic acids is 1. The molecule has 0 aliphatic carbocycles. The molecule has 0 saturated heterocycles. The molecule has 0 unspecified atom stereocenters. The Balaban J connectivity index is 2.24. The number of halogens is 1. The Hall–Kier alpha value is -1.44. The van der Waals surface area contributed by atoms with Crippen LogP contribution in [0.1, 0.15) is 17.9 Å². The van der Waals surface area contributed by atoms with Crippen LogP contribution in [-0.4, -0.2) is 21.3 Å². The summed E-state index contributed by atoms with van der Waals surface area (Å²) in [5.41, 5.74) is 2.02. The number of carbonyl (C=O) groups is 1. The summed E-state index contributed by atoms with van der Waals surface area (Å²) in [7, 11) is 0. The van der Waals surface area contributed by atoms with Gasteiger partial charge in [0.25, 0.3) is 0 Å². The van der Waals surface area contributed by atoms with Crippen molar-refractivity contribution in [2.75, 3.05) is 0 Å². The molecule has 0 radical (unpaired) electrons. The van der Waals surface area contributed by atoms with Crippen LogP contribution in [0.25, 0.3) is 11.5 Å². The van der Waals surface area contributed by atoms with E-state index in [2.05, 4.69) is 32.8 Å². The summed E-state index contributed by atoms with van der Waals surface area (Å²) in [4.78, 5) is 10.5. The van der Waals surface area contributed by atoms with Crippen molar-refractivity contribution in [2.24, 2.45) is 0 Å². The van der Waals surface area contributed by atoms with Gasteiger partial charge in [-0.25, -0.2) is 0 Å². The summed E-state index contributed by atoms with van der Waals surface area (Å²) in [6.45, 7) is 2.01. The topological polar surface area (TPSA) is 76.2 Å². The van der Waals surface area contributed by atoms with Gasteiger partial charge in [-0.1, -0.05) is 12.1 Å². The number of benzene rings is 1. The van der Waals surface area contributed by atoms with E-state index in [9.17, 15) is 4.79 Å². The normalized spacial score (nSPS) is 10.6. The van der Waals surface area contributed by atoms with Crippen molar-refractivity contribution in [3.8, 4) is 11.5 Å². The standard InChI is InChI=1S/C12H11IN2O3/c1-7-3-2-4-8(11(7)13)12-15-14-9(18-12)5-6-10(16)17/h2-4H,5-6H2,1H3,(H,16,17). The lowest BCUT2D eigenvalue weighted by Crippen LogP contribution is -1.97. The first kappa shape index (κ1) is 13.0. The number of rotatable bonds is 4. The van der Waals surface area contributed by atoms with E-state index in [1.54, 1.807) is 0 Å². The molecule has 0 spiro atoms. The van der Waals surface area contributed by atoms with E-state index in [1.165, 1.54) is 0 Å². The molecule has 2 aromatic rings. The van der Waals surface area contributed by atoms with E-state index in [1.807, 2.05) is 25.1 Å². The largest absolute Gasteiger partial charge is 0.481 e. The number of nitrogens with zero attached hydrogens (tertiary/aromatic N) is 2. The van der Waals surface area contributed by atoms with Crippen LogP contribution in [0.4, 0.5) is 0 Å². The second kappa shape index (κ2) is 5.47. The minimum absolute atomic E-state index is 0.00740. The Labute approximate surface area is 117 Å². The molecule has 0 aliphatic rings. The molecule has 0 aliphatic heterocycles.